The molecule has 0 radical (unpaired) electrons. The lowest BCUT2D eigenvalue weighted by molar-refractivity contribution is 0.172. The van der Waals surface area contributed by atoms with Gasteiger partial charge >= 0.3 is 0 Å². The van der Waals surface area contributed by atoms with Crippen LogP contribution < -0.4 is 0 Å². The molecule has 0 fully saturated rings. The van der Waals surface area contributed by atoms with Gasteiger partial charge < -0.3 is 5.11 Å². The molecule has 102 valence electrons. The molecule has 3 nitrogen and oxygen atoms in total. The molecular weight excluding hydrogens is 236 g/mol. The number of hydrogen-bond donors (Lipinski definition) is 1. The van der Waals surface area contributed by atoms with Crippen molar-refractivity contribution in [1.29, 1.82) is 0 Å². The maximum Gasteiger partial charge on any atom is 0.0635 e. The Bertz CT molecular complexity index is 572. The Kier molecular flexibility index (Phi) is 4.05. The number of hydrogen-bond acceptors (Lipinski definition) is 2. The van der Waals surface area contributed by atoms with E-state index in [1.165, 1.54) is 16.7 Å². The lowest BCUT2D eigenvalue weighted by Crippen LogP contribution is -2.16. The van der Waals surface area contributed by atoms with Gasteiger partial charge in [0.25, 0.3) is 0 Å². The first-order valence-corrected chi connectivity index (χ1v) is 6.69. The molecule has 0 spiro atoms. The Morgan fingerprint density at radius 3 is 2.53 bits per heavy atom. The molecule has 2 rings (SSSR count). The minimum atomic E-state index is -0.365. The van der Waals surface area contributed by atoms with E-state index < -0.39 is 0 Å². The number of nitrogens with zero attached hydrogens (tertiary/aromatic N) is 2. The van der Waals surface area contributed by atoms with Crippen molar-refractivity contribution in [2.75, 3.05) is 0 Å². The Balaban J connectivity index is 2.07. The summed E-state index contributed by atoms with van der Waals surface area (Å²) in [4.78, 5) is 0. The summed E-state index contributed by atoms with van der Waals surface area (Å²) in [6, 6.07) is 8.42. The molecule has 0 aliphatic heterocycles. The van der Waals surface area contributed by atoms with Gasteiger partial charge in [-0.3, -0.25) is 4.68 Å². The first-order valence-electron chi connectivity index (χ1n) is 6.69. The molecule has 1 heterocycles. The standard InChI is InChI=1S/C16H22N2O/c1-11-5-6-12(2)14(7-11)9-16(19)10-15-8-13(3)17-18(15)4/h5-8,16,19H,9-10H2,1-4H3. The molecule has 0 aliphatic carbocycles. The fraction of sp³-hybridized carbons (Fsp3) is 0.438. The van der Waals surface area contributed by atoms with Crippen molar-refractivity contribution in [3.05, 3.63) is 52.3 Å². The number of aryl methyl sites for hydroxylation is 4. The van der Waals surface area contributed by atoms with Gasteiger partial charge in [0.1, 0.15) is 0 Å². The number of benzene rings is 1. The average Bonchev–Trinajstić information content (AvgIpc) is 2.62. The maximum atomic E-state index is 10.3. The van der Waals surface area contributed by atoms with Gasteiger partial charge in [-0.15, -0.1) is 0 Å². The summed E-state index contributed by atoms with van der Waals surface area (Å²) >= 11 is 0. The number of aromatic nitrogens is 2. The van der Waals surface area contributed by atoms with Crippen LogP contribution in [0.25, 0.3) is 0 Å². The second-order valence-electron chi connectivity index (χ2n) is 5.39. The SMILES string of the molecule is Cc1ccc(C)c(CC(O)Cc2cc(C)nn2C)c1. The first kappa shape index (κ1) is 13.8. The van der Waals surface area contributed by atoms with E-state index in [2.05, 4.69) is 37.1 Å². The van der Waals surface area contributed by atoms with E-state index >= 15 is 0 Å². The normalized spacial score (nSPS) is 12.7. The molecule has 0 saturated heterocycles. The van der Waals surface area contributed by atoms with Gasteiger partial charge in [0.15, 0.2) is 0 Å². The summed E-state index contributed by atoms with van der Waals surface area (Å²) < 4.78 is 1.85. The average molecular weight is 258 g/mol. The Hall–Kier alpha value is -1.61. The summed E-state index contributed by atoms with van der Waals surface area (Å²) in [5, 5.41) is 14.6. The fourth-order valence-electron chi connectivity index (χ4n) is 2.44. The molecule has 1 atom stereocenters. The molecule has 0 saturated carbocycles. The van der Waals surface area contributed by atoms with Crippen molar-refractivity contribution < 1.29 is 5.11 Å². The van der Waals surface area contributed by atoms with E-state index in [-0.39, 0.29) is 6.10 Å². The summed E-state index contributed by atoms with van der Waals surface area (Å²) in [6.45, 7) is 6.15. The minimum absolute atomic E-state index is 0.365. The zero-order valence-electron chi connectivity index (χ0n) is 12.1. The number of rotatable bonds is 4. The van der Waals surface area contributed by atoms with Crippen molar-refractivity contribution in [3.8, 4) is 0 Å². The van der Waals surface area contributed by atoms with Gasteiger partial charge in [0.05, 0.1) is 11.8 Å². The monoisotopic (exact) mass is 258 g/mol. The van der Waals surface area contributed by atoms with Crippen molar-refractivity contribution in [2.45, 2.75) is 39.7 Å². The summed E-state index contributed by atoms with van der Waals surface area (Å²) in [5.41, 5.74) is 5.79. The second-order valence-corrected chi connectivity index (χ2v) is 5.39. The van der Waals surface area contributed by atoms with E-state index in [0.717, 1.165) is 11.4 Å². The molecule has 1 unspecified atom stereocenters. The van der Waals surface area contributed by atoms with Gasteiger partial charge in [-0.1, -0.05) is 23.8 Å². The number of aliphatic hydroxyl groups is 1. The Labute approximate surface area is 114 Å². The lowest BCUT2D eigenvalue weighted by atomic mass is 9.98. The van der Waals surface area contributed by atoms with E-state index in [1.807, 2.05) is 24.7 Å². The molecule has 19 heavy (non-hydrogen) atoms. The van der Waals surface area contributed by atoms with E-state index in [4.69, 9.17) is 0 Å². The third-order valence-electron chi connectivity index (χ3n) is 3.50. The van der Waals surface area contributed by atoms with Crippen molar-refractivity contribution in [1.82, 2.24) is 9.78 Å². The van der Waals surface area contributed by atoms with Crippen LogP contribution in [0.5, 0.6) is 0 Å². The van der Waals surface area contributed by atoms with Gasteiger partial charge in [-0.2, -0.15) is 5.10 Å². The van der Waals surface area contributed by atoms with Crippen molar-refractivity contribution in [2.24, 2.45) is 7.05 Å². The van der Waals surface area contributed by atoms with Crippen LogP contribution in [0.1, 0.15) is 28.1 Å². The molecular formula is C16H22N2O. The Morgan fingerprint density at radius 1 is 1.16 bits per heavy atom. The van der Waals surface area contributed by atoms with Crippen LogP contribution in [0.15, 0.2) is 24.3 Å². The summed E-state index contributed by atoms with van der Waals surface area (Å²) in [7, 11) is 1.92. The quantitative estimate of drug-likeness (QED) is 0.915. The Morgan fingerprint density at radius 2 is 1.89 bits per heavy atom. The smallest absolute Gasteiger partial charge is 0.0635 e. The van der Waals surface area contributed by atoms with Crippen LogP contribution in [-0.2, 0) is 19.9 Å². The van der Waals surface area contributed by atoms with Gasteiger partial charge in [0, 0.05) is 19.2 Å². The predicted octanol–water partition coefficient (Wildman–Crippen LogP) is 2.49. The zero-order chi connectivity index (χ0) is 14.0. The van der Waals surface area contributed by atoms with Crippen LogP contribution in [0.4, 0.5) is 0 Å². The van der Waals surface area contributed by atoms with E-state index in [9.17, 15) is 5.11 Å². The molecule has 1 N–H and O–H groups in total. The lowest BCUT2D eigenvalue weighted by Gasteiger charge is -2.13. The first-order chi connectivity index (χ1) is 8.95. The molecule has 0 aliphatic rings. The zero-order valence-corrected chi connectivity index (χ0v) is 12.1. The highest BCUT2D eigenvalue weighted by molar-refractivity contribution is 5.31. The van der Waals surface area contributed by atoms with E-state index in [0.29, 0.717) is 12.8 Å². The fourth-order valence-corrected chi connectivity index (χ4v) is 2.44. The van der Waals surface area contributed by atoms with Crippen molar-refractivity contribution >= 4 is 0 Å². The second kappa shape index (κ2) is 5.57. The van der Waals surface area contributed by atoms with Crippen LogP contribution in [0.2, 0.25) is 0 Å². The highest BCUT2D eigenvalue weighted by atomic mass is 16.3. The third-order valence-corrected chi connectivity index (χ3v) is 3.50. The molecule has 1 aromatic heterocycles. The van der Waals surface area contributed by atoms with Crippen LogP contribution in [0, 0.1) is 20.8 Å². The molecule has 0 bridgehead atoms. The van der Waals surface area contributed by atoms with Crippen LogP contribution >= 0.6 is 0 Å². The van der Waals surface area contributed by atoms with Crippen LogP contribution in [0.3, 0.4) is 0 Å². The molecule has 2 aromatic rings. The third kappa shape index (κ3) is 3.44. The maximum absolute atomic E-state index is 10.3. The number of aliphatic hydroxyl groups excluding tert-OH is 1. The molecule has 0 amide bonds. The molecule has 3 heteroatoms. The van der Waals surface area contributed by atoms with Gasteiger partial charge in [0.2, 0.25) is 0 Å². The molecule has 1 aromatic carbocycles. The minimum Gasteiger partial charge on any atom is -0.392 e. The van der Waals surface area contributed by atoms with Gasteiger partial charge in [-0.25, -0.2) is 0 Å². The van der Waals surface area contributed by atoms with Gasteiger partial charge in [-0.05, 0) is 44.4 Å². The highest BCUT2D eigenvalue weighted by Crippen LogP contribution is 2.15. The predicted molar refractivity (Wildman–Crippen MR) is 77.3 cm³/mol. The summed E-state index contributed by atoms with van der Waals surface area (Å²) in [5.74, 6) is 0. The van der Waals surface area contributed by atoms with Crippen LogP contribution in [-0.4, -0.2) is 21.0 Å². The van der Waals surface area contributed by atoms with E-state index in [1.54, 1.807) is 0 Å². The topological polar surface area (TPSA) is 38.1 Å². The largest absolute Gasteiger partial charge is 0.392 e. The summed E-state index contributed by atoms with van der Waals surface area (Å²) in [6.07, 6.45) is 0.970. The highest BCUT2D eigenvalue weighted by Gasteiger charge is 2.12. The van der Waals surface area contributed by atoms with Crippen molar-refractivity contribution in [3.63, 3.8) is 0 Å².